The lowest BCUT2D eigenvalue weighted by Gasteiger charge is -2.21. The van der Waals surface area contributed by atoms with Crippen LogP contribution in [0.4, 0.5) is 5.82 Å². The number of benzene rings is 1. The average Bonchev–Trinajstić information content (AvgIpc) is 3.32. The van der Waals surface area contributed by atoms with E-state index in [2.05, 4.69) is 25.3 Å². The molecule has 3 aromatic rings. The summed E-state index contributed by atoms with van der Waals surface area (Å²) in [7, 11) is 0. The zero-order valence-electron chi connectivity index (χ0n) is 16.7. The van der Waals surface area contributed by atoms with Crippen molar-refractivity contribution in [3.8, 4) is 11.5 Å². The summed E-state index contributed by atoms with van der Waals surface area (Å²) in [5.41, 5.74) is 1.33. The first-order chi connectivity index (χ1) is 14.8. The molecular weight excluding hydrogens is 384 g/mol. The van der Waals surface area contributed by atoms with Gasteiger partial charge in [0.15, 0.2) is 17.1 Å². The molecule has 156 valence electrons. The second-order valence-corrected chi connectivity index (χ2v) is 7.53. The fourth-order valence-electron chi connectivity index (χ4n) is 3.99. The van der Waals surface area contributed by atoms with Crippen LogP contribution in [0.15, 0.2) is 30.7 Å². The molecule has 30 heavy (non-hydrogen) atoms. The van der Waals surface area contributed by atoms with Gasteiger partial charge in [-0.05, 0) is 31.0 Å². The molecule has 0 bridgehead atoms. The number of hydrogen-bond donors (Lipinski definition) is 1. The highest BCUT2D eigenvalue weighted by Gasteiger charge is 2.18. The van der Waals surface area contributed by atoms with Crippen molar-refractivity contribution in [2.45, 2.75) is 32.2 Å². The first kappa shape index (κ1) is 18.7. The van der Waals surface area contributed by atoms with Gasteiger partial charge in [-0.1, -0.05) is 12.8 Å². The Kier molecular flexibility index (Phi) is 5.08. The normalized spacial score (nSPS) is 15.9. The largest absolute Gasteiger partial charge is 0.454 e. The van der Waals surface area contributed by atoms with Crippen molar-refractivity contribution in [2.24, 2.45) is 0 Å². The summed E-state index contributed by atoms with van der Waals surface area (Å²) in [5.74, 6) is 2.05. The van der Waals surface area contributed by atoms with Crippen molar-refractivity contribution in [3.63, 3.8) is 0 Å². The molecule has 2 aromatic heterocycles. The maximum Gasteiger partial charge on any atom is 0.251 e. The van der Waals surface area contributed by atoms with Crippen LogP contribution < -0.4 is 19.7 Å². The predicted octanol–water partition coefficient (Wildman–Crippen LogP) is 2.37. The van der Waals surface area contributed by atoms with E-state index in [1.165, 1.54) is 25.7 Å². The summed E-state index contributed by atoms with van der Waals surface area (Å²) in [4.78, 5) is 23.8. The van der Waals surface area contributed by atoms with Crippen LogP contribution in [0.25, 0.3) is 11.0 Å². The molecule has 1 fully saturated rings. The van der Waals surface area contributed by atoms with E-state index >= 15 is 0 Å². The zero-order chi connectivity index (χ0) is 20.3. The second kappa shape index (κ2) is 8.17. The van der Waals surface area contributed by atoms with Crippen molar-refractivity contribution >= 4 is 22.8 Å². The summed E-state index contributed by atoms with van der Waals surface area (Å²) in [6.45, 7) is 3.18. The lowest BCUT2D eigenvalue weighted by Crippen LogP contribution is -2.27. The number of nitrogens with zero attached hydrogens (tertiary/aromatic N) is 5. The highest BCUT2D eigenvalue weighted by atomic mass is 16.7. The van der Waals surface area contributed by atoms with E-state index in [9.17, 15) is 4.79 Å². The first-order valence-electron chi connectivity index (χ1n) is 10.4. The molecule has 9 nitrogen and oxygen atoms in total. The number of ether oxygens (including phenoxy) is 2. The molecular formula is C21H24N6O3. The molecule has 1 N–H and O–H groups in total. The number of carbonyl (C=O) groups excluding carboxylic acids is 1. The van der Waals surface area contributed by atoms with Crippen molar-refractivity contribution in [1.82, 2.24) is 25.1 Å². The summed E-state index contributed by atoms with van der Waals surface area (Å²) in [6, 6.07) is 5.17. The molecule has 1 amide bonds. The van der Waals surface area contributed by atoms with Crippen molar-refractivity contribution < 1.29 is 14.3 Å². The van der Waals surface area contributed by atoms with Crippen LogP contribution in [-0.4, -0.2) is 52.1 Å². The molecule has 0 unspecified atom stereocenters. The van der Waals surface area contributed by atoms with E-state index in [0.717, 1.165) is 29.9 Å². The van der Waals surface area contributed by atoms with Gasteiger partial charge in [0.2, 0.25) is 6.79 Å². The third-order valence-corrected chi connectivity index (χ3v) is 5.56. The van der Waals surface area contributed by atoms with Crippen LogP contribution in [0.1, 0.15) is 36.0 Å². The van der Waals surface area contributed by atoms with Gasteiger partial charge in [0.05, 0.1) is 18.1 Å². The fraction of sp³-hybridized carbons (Fsp3) is 0.429. The number of aromatic nitrogens is 4. The number of amides is 1. The second-order valence-electron chi connectivity index (χ2n) is 7.53. The Hall–Kier alpha value is -3.36. The highest BCUT2D eigenvalue weighted by molar-refractivity contribution is 5.95. The van der Waals surface area contributed by atoms with Crippen LogP contribution in [0.5, 0.6) is 11.5 Å². The van der Waals surface area contributed by atoms with Gasteiger partial charge in [0, 0.05) is 25.2 Å². The van der Waals surface area contributed by atoms with Crippen molar-refractivity contribution in [3.05, 3.63) is 36.3 Å². The van der Waals surface area contributed by atoms with Gasteiger partial charge in [-0.25, -0.2) is 14.6 Å². The highest BCUT2D eigenvalue weighted by Crippen LogP contribution is 2.32. The average molecular weight is 408 g/mol. The number of nitrogens with one attached hydrogen (secondary N) is 1. The van der Waals surface area contributed by atoms with Crippen molar-refractivity contribution in [2.75, 3.05) is 31.3 Å². The minimum atomic E-state index is -0.162. The summed E-state index contributed by atoms with van der Waals surface area (Å²) >= 11 is 0. The first-order valence-corrected chi connectivity index (χ1v) is 10.4. The smallest absolute Gasteiger partial charge is 0.251 e. The Bertz CT molecular complexity index is 1060. The third kappa shape index (κ3) is 3.62. The number of anilines is 1. The quantitative estimate of drug-likeness (QED) is 0.693. The van der Waals surface area contributed by atoms with Crippen molar-refractivity contribution in [1.29, 1.82) is 0 Å². The summed E-state index contributed by atoms with van der Waals surface area (Å²) < 4.78 is 12.4. The molecule has 1 aromatic carbocycles. The van der Waals surface area contributed by atoms with Gasteiger partial charge in [-0.3, -0.25) is 4.79 Å². The van der Waals surface area contributed by atoms with Gasteiger partial charge < -0.3 is 19.7 Å². The van der Waals surface area contributed by atoms with E-state index in [1.807, 2.05) is 10.9 Å². The van der Waals surface area contributed by atoms with E-state index in [-0.39, 0.29) is 12.7 Å². The topological polar surface area (TPSA) is 94.4 Å². The molecule has 0 atom stereocenters. The van der Waals surface area contributed by atoms with Gasteiger partial charge in [0.1, 0.15) is 12.1 Å². The summed E-state index contributed by atoms with van der Waals surface area (Å²) in [6.07, 6.45) is 8.35. The maximum atomic E-state index is 12.5. The van der Waals surface area contributed by atoms with Gasteiger partial charge in [0.25, 0.3) is 5.91 Å². The standard InChI is InChI=1S/C21H24N6O3/c28-21(15-5-6-17-18(11-15)30-14-29-17)22-7-10-27-20-16(12-25-27)19(23-13-24-20)26-8-3-1-2-4-9-26/h5-6,11-13H,1-4,7-10,14H2,(H,22,28). The Labute approximate surface area is 174 Å². The molecule has 2 aliphatic rings. The molecule has 0 aliphatic carbocycles. The maximum absolute atomic E-state index is 12.5. The SMILES string of the molecule is O=C(NCCn1ncc2c(N3CCCCCC3)ncnc21)c1ccc2c(c1)OCO2. The number of carbonyl (C=O) groups is 1. The van der Waals surface area contributed by atoms with Gasteiger partial charge in [-0.2, -0.15) is 5.10 Å². The molecule has 0 spiro atoms. The zero-order valence-corrected chi connectivity index (χ0v) is 16.7. The molecule has 9 heteroatoms. The van der Waals surface area contributed by atoms with E-state index in [4.69, 9.17) is 9.47 Å². The lowest BCUT2D eigenvalue weighted by molar-refractivity contribution is 0.0951. The molecule has 0 radical (unpaired) electrons. The minimum Gasteiger partial charge on any atom is -0.454 e. The van der Waals surface area contributed by atoms with Gasteiger partial charge >= 0.3 is 0 Å². The number of hydrogen-bond acceptors (Lipinski definition) is 7. The minimum absolute atomic E-state index is 0.162. The van der Waals surface area contributed by atoms with E-state index in [1.54, 1.807) is 24.5 Å². The number of rotatable bonds is 5. The fourth-order valence-corrected chi connectivity index (χ4v) is 3.99. The molecule has 2 aliphatic heterocycles. The molecule has 0 saturated carbocycles. The van der Waals surface area contributed by atoms with Crippen LogP contribution in [0.2, 0.25) is 0 Å². The Morgan fingerprint density at radius 1 is 1.07 bits per heavy atom. The summed E-state index contributed by atoms with van der Waals surface area (Å²) in [5, 5.41) is 8.38. The van der Waals surface area contributed by atoms with E-state index in [0.29, 0.717) is 30.2 Å². The molecule has 1 saturated heterocycles. The van der Waals surface area contributed by atoms with Crippen LogP contribution in [-0.2, 0) is 6.54 Å². The Balaban J connectivity index is 1.26. The molecule has 4 heterocycles. The third-order valence-electron chi connectivity index (χ3n) is 5.56. The van der Waals surface area contributed by atoms with Gasteiger partial charge in [-0.15, -0.1) is 0 Å². The Morgan fingerprint density at radius 2 is 1.90 bits per heavy atom. The van der Waals surface area contributed by atoms with Crippen LogP contribution in [0, 0.1) is 0 Å². The Morgan fingerprint density at radius 3 is 2.77 bits per heavy atom. The number of fused-ring (bicyclic) bond motifs is 2. The van der Waals surface area contributed by atoms with E-state index < -0.39 is 0 Å². The van der Waals surface area contributed by atoms with Crippen LogP contribution >= 0.6 is 0 Å². The predicted molar refractivity (Wildman–Crippen MR) is 111 cm³/mol. The van der Waals surface area contributed by atoms with Crippen LogP contribution in [0.3, 0.4) is 0 Å². The monoisotopic (exact) mass is 408 g/mol. The lowest BCUT2D eigenvalue weighted by atomic mass is 10.2. The molecule has 5 rings (SSSR count).